The lowest BCUT2D eigenvalue weighted by Crippen LogP contribution is -2.15. The molecule has 0 unspecified atom stereocenters. The van der Waals surface area contributed by atoms with Gasteiger partial charge in [-0.05, 0) is 29.8 Å². The van der Waals surface area contributed by atoms with Crippen molar-refractivity contribution in [2.24, 2.45) is 0 Å². The van der Waals surface area contributed by atoms with Crippen molar-refractivity contribution in [1.29, 1.82) is 0 Å². The number of aromatic nitrogens is 4. The molecule has 0 fully saturated rings. The Labute approximate surface area is 201 Å². The topological polar surface area (TPSA) is 117 Å². The first-order chi connectivity index (χ1) is 16.3. The lowest BCUT2D eigenvalue weighted by molar-refractivity contribution is -0.384. The van der Waals surface area contributed by atoms with E-state index in [-0.39, 0.29) is 52.1 Å². The number of halogens is 3. The molecule has 13 heteroatoms. The third-order valence-electron chi connectivity index (χ3n) is 4.53. The molecule has 34 heavy (non-hydrogen) atoms. The first-order valence-electron chi connectivity index (χ1n) is 9.67. The van der Waals surface area contributed by atoms with Gasteiger partial charge in [0.1, 0.15) is 16.6 Å². The minimum absolute atomic E-state index is 0.0720. The minimum atomic E-state index is -0.565. The molecule has 0 spiro atoms. The molecule has 0 saturated carbocycles. The second-order valence-electron chi connectivity index (χ2n) is 6.99. The minimum Gasteiger partial charge on any atom is -0.470 e. The predicted molar refractivity (Wildman–Crippen MR) is 122 cm³/mol. The second-order valence-corrected chi connectivity index (χ2v) is 7.81. The monoisotopic (exact) mass is 504 g/mol. The third kappa shape index (κ3) is 5.50. The summed E-state index contributed by atoms with van der Waals surface area (Å²) in [4.78, 5) is 22.8. The van der Waals surface area contributed by atoms with Crippen LogP contribution in [0.15, 0.2) is 60.9 Å². The van der Waals surface area contributed by atoms with Crippen LogP contribution in [0.4, 0.5) is 15.9 Å². The largest absolute Gasteiger partial charge is 0.470 e. The average Bonchev–Trinajstić information content (AvgIpc) is 3.39. The second kappa shape index (κ2) is 9.89. The fourth-order valence-electron chi connectivity index (χ4n) is 2.97. The van der Waals surface area contributed by atoms with Crippen molar-refractivity contribution < 1.29 is 18.8 Å². The third-order valence-corrected chi connectivity index (χ3v) is 5.11. The van der Waals surface area contributed by atoms with E-state index >= 15 is 0 Å². The van der Waals surface area contributed by atoms with Crippen LogP contribution < -0.4 is 10.1 Å². The van der Waals surface area contributed by atoms with E-state index in [1.54, 1.807) is 12.1 Å². The van der Waals surface area contributed by atoms with Crippen LogP contribution in [0.5, 0.6) is 5.75 Å². The number of nitro benzene ring substituents is 1. The first kappa shape index (κ1) is 23.2. The molecule has 10 nitrogen and oxygen atoms in total. The maximum atomic E-state index is 13.4. The van der Waals surface area contributed by atoms with E-state index in [0.29, 0.717) is 5.56 Å². The van der Waals surface area contributed by atoms with Gasteiger partial charge in [-0.2, -0.15) is 10.2 Å². The number of nitrogens with zero attached hydrogens (tertiary/aromatic N) is 5. The van der Waals surface area contributed by atoms with Gasteiger partial charge in [-0.25, -0.2) is 9.07 Å². The Hall–Kier alpha value is -3.96. The number of ether oxygens (including phenoxy) is 1. The zero-order chi connectivity index (χ0) is 24.2. The summed E-state index contributed by atoms with van der Waals surface area (Å²) in [6, 6.07) is 11.3. The standard InChI is InChI=1S/C21H15Cl2FN6O4/c22-16-9-15(30(32)33)4-5-19(16)34-12-28-7-6-18(26-28)21(31)25-20-17(23)11-29(27-20)10-13-2-1-3-14(24)8-13/h1-9,11H,10,12H2,(H,25,27,31). The van der Waals surface area contributed by atoms with Crippen molar-refractivity contribution in [3.63, 3.8) is 0 Å². The summed E-state index contributed by atoms with van der Waals surface area (Å²) in [5.41, 5.74) is 0.602. The lowest BCUT2D eigenvalue weighted by atomic mass is 10.2. The average molecular weight is 505 g/mol. The van der Waals surface area contributed by atoms with Crippen molar-refractivity contribution in [2.75, 3.05) is 5.32 Å². The van der Waals surface area contributed by atoms with Crippen LogP contribution in [-0.4, -0.2) is 30.4 Å². The number of amides is 1. The molecule has 2 heterocycles. The number of benzene rings is 2. The molecule has 2 aromatic heterocycles. The summed E-state index contributed by atoms with van der Waals surface area (Å²) in [6.45, 7) is 0.179. The Kier molecular flexibility index (Phi) is 6.75. The maximum Gasteiger partial charge on any atom is 0.277 e. The molecule has 4 rings (SSSR count). The molecule has 1 N–H and O–H groups in total. The van der Waals surface area contributed by atoms with E-state index in [9.17, 15) is 19.3 Å². The summed E-state index contributed by atoms with van der Waals surface area (Å²) in [5.74, 6) is -0.555. The van der Waals surface area contributed by atoms with Gasteiger partial charge in [0.05, 0.1) is 16.5 Å². The van der Waals surface area contributed by atoms with Crippen LogP contribution in [-0.2, 0) is 13.3 Å². The Morgan fingerprint density at radius 3 is 2.68 bits per heavy atom. The van der Waals surface area contributed by atoms with E-state index in [1.807, 2.05) is 0 Å². The number of nitro groups is 1. The zero-order valence-electron chi connectivity index (χ0n) is 17.2. The van der Waals surface area contributed by atoms with Gasteiger partial charge < -0.3 is 10.1 Å². The smallest absolute Gasteiger partial charge is 0.277 e. The summed E-state index contributed by atoms with van der Waals surface area (Å²) >= 11 is 12.2. The molecular formula is C21H15Cl2FN6O4. The molecule has 2 aromatic carbocycles. The number of hydrogen-bond acceptors (Lipinski definition) is 6. The van der Waals surface area contributed by atoms with Crippen LogP contribution in [0.25, 0.3) is 0 Å². The van der Waals surface area contributed by atoms with Gasteiger partial charge in [-0.1, -0.05) is 35.3 Å². The Morgan fingerprint density at radius 2 is 1.94 bits per heavy atom. The van der Waals surface area contributed by atoms with Crippen LogP contribution in [0.1, 0.15) is 16.1 Å². The first-order valence-corrected chi connectivity index (χ1v) is 10.4. The van der Waals surface area contributed by atoms with Gasteiger partial charge in [-0.15, -0.1) is 0 Å². The Balaban J connectivity index is 1.37. The van der Waals surface area contributed by atoms with Crippen LogP contribution in [0, 0.1) is 15.9 Å². The van der Waals surface area contributed by atoms with Crippen molar-refractivity contribution in [3.05, 3.63) is 98.2 Å². The molecule has 4 aromatic rings. The van der Waals surface area contributed by atoms with Crippen LogP contribution in [0.2, 0.25) is 10.0 Å². The van der Waals surface area contributed by atoms with E-state index in [4.69, 9.17) is 27.9 Å². The number of non-ortho nitro benzene ring substituents is 1. The molecule has 0 saturated heterocycles. The summed E-state index contributed by atoms with van der Waals surface area (Å²) in [7, 11) is 0. The molecule has 1 amide bonds. The van der Waals surface area contributed by atoms with E-state index < -0.39 is 10.8 Å². The number of hydrogen-bond donors (Lipinski definition) is 1. The highest BCUT2D eigenvalue weighted by Crippen LogP contribution is 2.29. The molecule has 0 atom stereocenters. The summed E-state index contributed by atoms with van der Waals surface area (Å²) in [6.07, 6.45) is 3.03. The highest BCUT2D eigenvalue weighted by molar-refractivity contribution is 6.33. The van der Waals surface area contributed by atoms with Crippen LogP contribution in [0.3, 0.4) is 0 Å². The molecular weight excluding hydrogens is 490 g/mol. The molecule has 174 valence electrons. The normalized spacial score (nSPS) is 10.8. The van der Waals surface area contributed by atoms with Gasteiger partial charge in [-0.3, -0.25) is 19.6 Å². The number of carbonyl (C=O) groups is 1. The lowest BCUT2D eigenvalue weighted by Gasteiger charge is -2.07. The Bertz CT molecular complexity index is 1370. The van der Waals surface area contributed by atoms with Gasteiger partial charge >= 0.3 is 0 Å². The Morgan fingerprint density at radius 1 is 1.12 bits per heavy atom. The predicted octanol–water partition coefficient (Wildman–Crippen LogP) is 4.77. The number of nitrogens with one attached hydrogen (secondary N) is 1. The fraction of sp³-hybridized carbons (Fsp3) is 0.0952. The zero-order valence-corrected chi connectivity index (χ0v) is 18.7. The highest BCUT2D eigenvalue weighted by Gasteiger charge is 2.16. The van der Waals surface area contributed by atoms with Crippen molar-refractivity contribution in [3.8, 4) is 5.75 Å². The molecule has 0 aliphatic rings. The summed E-state index contributed by atoms with van der Waals surface area (Å²) in [5, 5.41) is 22.0. The van der Waals surface area contributed by atoms with Crippen molar-refractivity contribution >= 4 is 40.6 Å². The van der Waals surface area contributed by atoms with E-state index in [0.717, 1.165) is 0 Å². The van der Waals surface area contributed by atoms with Gasteiger partial charge in [0.15, 0.2) is 18.2 Å². The number of anilines is 1. The summed E-state index contributed by atoms with van der Waals surface area (Å²) < 4.78 is 21.7. The van der Waals surface area contributed by atoms with Crippen LogP contribution >= 0.6 is 23.2 Å². The quantitative estimate of drug-likeness (QED) is 0.272. The van der Waals surface area contributed by atoms with Crippen molar-refractivity contribution in [2.45, 2.75) is 13.3 Å². The molecule has 0 aliphatic heterocycles. The maximum absolute atomic E-state index is 13.4. The number of rotatable bonds is 8. The van der Waals surface area contributed by atoms with Gasteiger partial charge in [0, 0.05) is 24.5 Å². The van der Waals surface area contributed by atoms with Gasteiger partial charge in [0.2, 0.25) is 0 Å². The fourth-order valence-corrected chi connectivity index (χ4v) is 3.39. The van der Waals surface area contributed by atoms with Crippen molar-refractivity contribution in [1.82, 2.24) is 19.6 Å². The van der Waals surface area contributed by atoms with E-state index in [2.05, 4.69) is 15.5 Å². The molecule has 0 bridgehead atoms. The SMILES string of the molecule is O=C(Nc1nn(Cc2cccc(F)c2)cc1Cl)c1ccn(COc2ccc([N+](=O)[O-])cc2Cl)n1. The molecule has 0 radical (unpaired) electrons. The van der Waals surface area contributed by atoms with E-state index in [1.165, 1.54) is 58.2 Å². The molecule has 0 aliphatic carbocycles. The van der Waals surface area contributed by atoms with Gasteiger partial charge in [0.25, 0.3) is 11.6 Å². The highest BCUT2D eigenvalue weighted by atomic mass is 35.5. The number of carbonyl (C=O) groups excluding carboxylic acids is 1.